The number of carbonyl (C=O) groups is 2. The molecule has 1 aromatic heterocycles. The van der Waals surface area contributed by atoms with E-state index in [1.54, 1.807) is 0 Å². The molecule has 0 radical (unpaired) electrons. The van der Waals surface area contributed by atoms with Crippen molar-refractivity contribution in [3.05, 3.63) is 18.1 Å². The van der Waals surface area contributed by atoms with E-state index in [1.807, 2.05) is 30.6 Å². The third kappa shape index (κ3) is 4.89. The Morgan fingerprint density at radius 1 is 1.19 bits per heavy atom. The number of aromatic carboxylic acids is 1. The SMILES string of the molecule is CC(C)(C)OC(=O)N(C1CC1)[C@@H]1CCN(c2cnc(C(=O)[O-])cn2)C1.[Li+]. The van der Waals surface area contributed by atoms with Gasteiger partial charge in [-0.15, -0.1) is 0 Å². The van der Waals surface area contributed by atoms with Crippen LogP contribution in [0.5, 0.6) is 0 Å². The molecule has 2 aliphatic rings. The molecule has 0 unspecified atom stereocenters. The van der Waals surface area contributed by atoms with Crippen LogP contribution in [0.1, 0.15) is 50.5 Å². The Bertz CT molecular complexity index is 658. The first kappa shape index (κ1) is 20.5. The van der Waals surface area contributed by atoms with Crippen molar-refractivity contribution in [2.75, 3.05) is 18.0 Å². The van der Waals surface area contributed by atoms with Crippen LogP contribution in [0, 0.1) is 0 Å². The molecule has 2 fully saturated rings. The summed E-state index contributed by atoms with van der Waals surface area (Å²) in [5, 5.41) is 10.8. The van der Waals surface area contributed by atoms with Crippen LogP contribution in [0.15, 0.2) is 12.4 Å². The maximum atomic E-state index is 12.6. The van der Waals surface area contributed by atoms with E-state index in [-0.39, 0.29) is 42.7 Å². The largest absolute Gasteiger partial charge is 1.00 e. The number of ether oxygens (including phenoxy) is 1. The summed E-state index contributed by atoms with van der Waals surface area (Å²) in [6.07, 6.45) is 5.21. The average molecular weight is 354 g/mol. The fourth-order valence-corrected chi connectivity index (χ4v) is 3.03. The molecule has 3 rings (SSSR count). The van der Waals surface area contributed by atoms with Gasteiger partial charge in [-0.2, -0.15) is 0 Å². The second kappa shape index (κ2) is 7.85. The van der Waals surface area contributed by atoms with Crippen molar-refractivity contribution in [3.63, 3.8) is 0 Å². The van der Waals surface area contributed by atoms with E-state index in [4.69, 9.17) is 4.74 Å². The Morgan fingerprint density at radius 3 is 2.38 bits per heavy atom. The van der Waals surface area contributed by atoms with Crippen molar-refractivity contribution in [1.82, 2.24) is 14.9 Å². The maximum absolute atomic E-state index is 12.6. The number of carboxylic acids is 1. The molecule has 0 spiro atoms. The molecule has 1 atom stereocenters. The van der Waals surface area contributed by atoms with Gasteiger partial charge in [0.05, 0.1) is 24.4 Å². The summed E-state index contributed by atoms with van der Waals surface area (Å²) in [4.78, 5) is 35.2. The summed E-state index contributed by atoms with van der Waals surface area (Å²) in [5.41, 5.74) is -0.706. The molecular formula is C17H23LiN4O4. The van der Waals surface area contributed by atoms with Gasteiger partial charge < -0.3 is 24.4 Å². The van der Waals surface area contributed by atoms with Gasteiger partial charge in [0.15, 0.2) is 0 Å². The molecule has 1 aliphatic carbocycles. The number of hydrogen-bond acceptors (Lipinski definition) is 7. The molecule has 8 nitrogen and oxygen atoms in total. The molecule has 26 heavy (non-hydrogen) atoms. The zero-order valence-electron chi connectivity index (χ0n) is 15.8. The monoisotopic (exact) mass is 354 g/mol. The van der Waals surface area contributed by atoms with Gasteiger partial charge in [0, 0.05) is 19.1 Å². The molecule has 136 valence electrons. The van der Waals surface area contributed by atoms with Crippen molar-refractivity contribution in [3.8, 4) is 0 Å². The van der Waals surface area contributed by atoms with Crippen molar-refractivity contribution >= 4 is 17.9 Å². The van der Waals surface area contributed by atoms with Crippen molar-refractivity contribution < 1.29 is 38.3 Å². The van der Waals surface area contributed by atoms with Crippen LogP contribution in [0.2, 0.25) is 0 Å². The number of rotatable bonds is 4. The zero-order valence-corrected chi connectivity index (χ0v) is 15.8. The predicted molar refractivity (Wildman–Crippen MR) is 88.1 cm³/mol. The maximum Gasteiger partial charge on any atom is 1.00 e. The van der Waals surface area contributed by atoms with E-state index in [0.29, 0.717) is 12.4 Å². The Hall–Kier alpha value is -1.78. The summed E-state index contributed by atoms with van der Waals surface area (Å²) in [6.45, 7) is 6.97. The van der Waals surface area contributed by atoms with Crippen LogP contribution < -0.4 is 28.9 Å². The number of carbonyl (C=O) groups excluding carboxylic acids is 2. The Labute approximate surface area is 165 Å². The average Bonchev–Trinajstić information content (AvgIpc) is 3.22. The molecule has 1 amide bonds. The quantitative estimate of drug-likeness (QED) is 0.567. The number of nitrogens with zero attached hydrogens (tertiary/aromatic N) is 4. The second-order valence-corrected chi connectivity index (χ2v) is 7.55. The molecular weight excluding hydrogens is 331 g/mol. The molecule has 1 aliphatic heterocycles. The molecule has 1 aromatic rings. The van der Waals surface area contributed by atoms with E-state index in [1.165, 1.54) is 12.4 Å². The minimum Gasteiger partial charge on any atom is -0.543 e. The second-order valence-electron chi connectivity index (χ2n) is 7.55. The standard InChI is InChI=1S/C17H24N4O4.Li/c1-17(2,3)25-16(24)21(11-4-5-11)12-6-7-20(10-12)14-9-18-13(8-19-14)15(22)23;/h8-9,11-12H,4-7,10H2,1-3H3,(H,22,23);/q;+1/p-1/t12-;/m1./s1. The molecule has 0 aromatic carbocycles. The van der Waals surface area contributed by atoms with E-state index < -0.39 is 11.6 Å². The molecule has 1 saturated heterocycles. The summed E-state index contributed by atoms with van der Waals surface area (Å²) < 4.78 is 5.56. The van der Waals surface area contributed by atoms with Gasteiger partial charge in [0.2, 0.25) is 0 Å². The van der Waals surface area contributed by atoms with E-state index in [2.05, 4.69) is 9.97 Å². The first-order valence-electron chi connectivity index (χ1n) is 8.54. The van der Waals surface area contributed by atoms with Gasteiger partial charge in [-0.3, -0.25) is 0 Å². The third-order valence-corrected chi connectivity index (χ3v) is 4.27. The topological polar surface area (TPSA) is 98.7 Å². The fourth-order valence-electron chi connectivity index (χ4n) is 3.03. The summed E-state index contributed by atoms with van der Waals surface area (Å²) in [5.74, 6) is -0.740. The summed E-state index contributed by atoms with van der Waals surface area (Å²) in [6, 6.07) is 0.316. The van der Waals surface area contributed by atoms with E-state index in [0.717, 1.165) is 25.8 Å². The Balaban J connectivity index is 0.00000243. The fraction of sp³-hybridized carbons (Fsp3) is 0.647. The first-order valence-corrected chi connectivity index (χ1v) is 8.54. The predicted octanol–water partition coefficient (Wildman–Crippen LogP) is -2.18. The van der Waals surface area contributed by atoms with Gasteiger partial charge in [0.25, 0.3) is 0 Å². The summed E-state index contributed by atoms with van der Waals surface area (Å²) in [7, 11) is 0. The molecule has 9 heteroatoms. The van der Waals surface area contributed by atoms with Crippen LogP contribution in [-0.2, 0) is 4.74 Å². The number of aromatic nitrogens is 2. The zero-order chi connectivity index (χ0) is 18.2. The Kier molecular flexibility index (Phi) is 6.20. The molecule has 0 bridgehead atoms. The molecule has 1 saturated carbocycles. The van der Waals surface area contributed by atoms with E-state index >= 15 is 0 Å². The Morgan fingerprint density at radius 2 is 1.88 bits per heavy atom. The number of anilines is 1. The minimum atomic E-state index is -1.34. The van der Waals surface area contributed by atoms with Gasteiger partial charge in [-0.05, 0) is 40.0 Å². The van der Waals surface area contributed by atoms with Gasteiger partial charge in [0.1, 0.15) is 17.1 Å². The third-order valence-electron chi connectivity index (χ3n) is 4.27. The minimum absolute atomic E-state index is 0. The molecule has 0 N–H and O–H groups in total. The smallest absolute Gasteiger partial charge is 0.543 e. The number of amides is 1. The van der Waals surface area contributed by atoms with Gasteiger partial charge >= 0.3 is 25.0 Å². The van der Waals surface area contributed by atoms with Crippen LogP contribution >= 0.6 is 0 Å². The van der Waals surface area contributed by atoms with Crippen molar-refractivity contribution in [2.45, 2.75) is 57.7 Å². The van der Waals surface area contributed by atoms with Crippen LogP contribution in [0.3, 0.4) is 0 Å². The van der Waals surface area contributed by atoms with E-state index in [9.17, 15) is 14.7 Å². The van der Waals surface area contributed by atoms with Crippen molar-refractivity contribution in [2.24, 2.45) is 0 Å². The van der Waals surface area contributed by atoms with Crippen LogP contribution in [0.4, 0.5) is 10.6 Å². The molecule has 2 heterocycles. The normalized spacial score (nSPS) is 19.7. The number of carboxylic acid groups (broad SMARTS) is 1. The van der Waals surface area contributed by atoms with Crippen molar-refractivity contribution in [1.29, 1.82) is 0 Å². The van der Waals surface area contributed by atoms with Gasteiger partial charge in [-0.1, -0.05) is 0 Å². The van der Waals surface area contributed by atoms with Gasteiger partial charge in [-0.25, -0.2) is 14.8 Å². The summed E-state index contributed by atoms with van der Waals surface area (Å²) >= 11 is 0. The first-order chi connectivity index (χ1) is 11.7. The number of hydrogen-bond donors (Lipinski definition) is 0. The van der Waals surface area contributed by atoms with Crippen LogP contribution in [-0.4, -0.2) is 57.7 Å². The van der Waals surface area contributed by atoms with Crippen LogP contribution in [0.25, 0.3) is 0 Å².